The number of carbonyl (C=O) groups excluding carboxylic acids is 1. The van der Waals surface area contributed by atoms with E-state index in [1.807, 2.05) is 0 Å². The van der Waals surface area contributed by atoms with E-state index in [0.717, 1.165) is 10.9 Å². The molecular formula is C10H9ClF3N7O. The van der Waals surface area contributed by atoms with Gasteiger partial charge in [-0.2, -0.15) is 18.0 Å². The highest BCUT2D eigenvalue weighted by Gasteiger charge is 2.31. The Labute approximate surface area is 126 Å². The third kappa shape index (κ3) is 4.28. The molecule has 0 bridgehead atoms. The molecule has 2 rings (SSSR count). The van der Waals surface area contributed by atoms with Crippen LogP contribution in [0.1, 0.15) is 11.3 Å². The Morgan fingerprint density at radius 1 is 1.41 bits per heavy atom. The summed E-state index contributed by atoms with van der Waals surface area (Å²) >= 11 is 5.53. The van der Waals surface area contributed by atoms with Crippen molar-refractivity contribution < 1.29 is 18.0 Å². The molecule has 8 nitrogen and oxygen atoms in total. The number of rotatable bonds is 3. The van der Waals surface area contributed by atoms with E-state index < -0.39 is 17.8 Å². The first kappa shape index (κ1) is 15.9. The lowest BCUT2D eigenvalue weighted by Gasteiger charge is -2.10. The summed E-state index contributed by atoms with van der Waals surface area (Å²) < 4.78 is 37.9. The number of urea groups is 1. The van der Waals surface area contributed by atoms with Crippen molar-refractivity contribution in [2.75, 3.05) is 5.32 Å². The van der Waals surface area contributed by atoms with Crippen molar-refractivity contribution in [3.8, 4) is 0 Å². The number of tetrazole rings is 1. The molecule has 0 saturated heterocycles. The van der Waals surface area contributed by atoms with Crippen molar-refractivity contribution in [2.24, 2.45) is 7.05 Å². The van der Waals surface area contributed by atoms with Crippen molar-refractivity contribution in [1.82, 2.24) is 30.5 Å². The zero-order chi connectivity index (χ0) is 16.3. The molecule has 0 unspecified atom stereocenters. The second-order valence-electron chi connectivity index (χ2n) is 4.08. The summed E-state index contributed by atoms with van der Waals surface area (Å²) in [5, 5.41) is 15.0. The number of anilines is 1. The van der Waals surface area contributed by atoms with Gasteiger partial charge >= 0.3 is 12.2 Å². The summed E-state index contributed by atoms with van der Waals surface area (Å²) in [5.41, 5.74) is -0.984. The molecule has 2 N–H and O–H groups in total. The fraction of sp³-hybridized carbons (Fsp3) is 0.300. The van der Waals surface area contributed by atoms with E-state index in [-0.39, 0.29) is 23.3 Å². The lowest BCUT2D eigenvalue weighted by Crippen LogP contribution is -2.29. The van der Waals surface area contributed by atoms with Crippen LogP contribution in [0.15, 0.2) is 12.1 Å². The minimum Gasteiger partial charge on any atom is -0.332 e. The third-order valence-electron chi connectivity index (χ3n) is 2.34. The molecule has 0 aromatic carbocycles. The number of pyridine rings is 1. The molecule has 0 aliphatic carbocycles. The van der Waals surface area contributed by atoms with Crippen LogP contribution in [0.25, 0.3) is 0 Å². The summed E-state index contributed by atoms with van der Waals surface area (Å²) in [6.45, 7) is -0.254. The molecule has 12 heteroatoms. The number of hydrogen-bond acceptors (Lipinski definition) is 5. The van der Waals surface area contributed by atoms with Gasteiger partial charge in [0.25, 0.3) is 5.95 Å². The van der Waals surface area contributed by atoms with E-state index in [4.69, 9.17) is 11.6 Å². The molecule has 0 atom stereocenters. The smallest absolute Gasteiger partial charge is 0.332 e. The van der Waals surface area contributed by atoms with E-state index in [9.17, 15) is 18.0 Å². The molecule has 0 spiro atoms. The first-order valence-corrected chi connectivity index (χ1v) is 6.14. The second kappa shape index (κ2) is 6.13. The summed E-state index contributed by atoms with van der Waals surface area (Å²) in [5.74, 6) is -0.0463. The molecule has 118 valence electrons. The Morgan fingerprint density at radius 2 is 2.14 bits per heavy atom. The summed E-state index contributed by atoms with van der Waals surface area (Å²) in [6, 6.07) is 0.782. The normalized spacial score (nSPS) is 11.3. The van der Waals surface area contributed by atoms with E-state index >= 15 is 0 Å². The first-order valence-electron chi connectivity index (χ1n) is 5.76. The van der Waals surface area contributed by atoms with Crippen LogP contribution in [-0.4, -0.2) is 31.2 Å². The van der Waals surface area contributed by atoms with Gasteiger partial charge in [-0.3, -0.25) is 5.32 Å². The average molecular weight is 336 g/mol. The van der Waals surface area contributed by atoms with Gasteiger partial charge in [0, 0.05) is 0 Å². The summed E-state index contributed by atoms with van der Waals surface area (Å²) in [7, 11) is 1.50. The standard InChI is InChI=1S/C10H9ClF3N7O/c1-21-19-8(18-20-21)17-9(22)15-4-6-2-5(10(12,13)14)3-7(11)16-6/h2-3H,4H2,1H3,(H2,15,17,19,22). The number of nitrogens with one attached hydrogen (secondary N) is 2. The molecule has 0 aliphatic heterocycles. The molecule has 0 radical (unpaired) electrons. The van der Waals surface area contributed by atoms with Gasteiger partial charge in [0.15, 0.2) is 0 Å². The van der Waals surface area contributed by atoms with E-state index in [2.05, 4.69) is 31.0 Å². The average Bonchev–Trinajstić information content (AvgIpc) is 2.80. The van der Waals surface area contributed by atoms with Gasteiger partial charge in [-0.1, -0.05) is 16.7 Å². The van der Waals surface area contributed by atoms with Crippen LogP contribution < -0.4 is 10.6 Å². The molecule has 2 aromatic rings. The zero-order valence-corrected chi connectivity index (χ0v) is 11.8. The molecule has 2 heterocycles. The van der Waals surface area contributed by atoms with Crippen molar-refractivity contribution in [1.29, 1.82) is 0 Å². The number of alkyl halides is 3. The predicted molar refractivity (Wildman–Crippen MR) is 68.9 cm³/mol. The summed E-state index contributed by atoms with van der Waals surface area (Å²) in [4.78, 5) is 16.4. The van der Waals surface area contributed by atoms with Crippen LogP contribution in [0.4, 0.5) is 23.9 Å². The largest absolute Gasteiger partial charge is 0.416 e. The van der Waals surface area contributed by atoms with E-state index in [1.165, 1.54) is 7.05 Å². The minimum absolute atomic E-state index is 0.0397. The number of aryl methyl sites for hydroxylation is 1. The minimum atomic E-state index is -4.55. The highest BCUT2D eigenvalue weighted by Crippen LogP contribution is 2.30. The molecule has 0 saturated carbocycles. The van der Waals surface area contributed by atoms with Crippen LogP contribution in [0, 0.1) is 0 Å². The molecule has 22 heavy (non-hydrogen) atoms. The topological polar surface area (TPSA) is 97.6 Å². The lowest BCUT2D eigenvalue weighted by molar-refractivity contribution is -0.137. The van der Waals surface area contributed by atoms with Gasteiger partial charge in [0.05, 0.1) is 24.8 Å². The van der Waals surface area contributed by atoms with Crippen molar-refractivity contribution >= 4 is 23.6 Å². The van der Waals surface area contributed by atoms with Crippen LogP contribution >= 0.6 is 11.6 Å². The monoisotopic (exact) mass is 335 g/mol. The number of hydrogen-bond donors (Lipinski definition) is 2. The number of carbonyl (C=O) groups is 1. The van der Waals surface area contributed by atoms with Gasteiger partial charge < -0.3 is 5.32 Å². The van der Waals surface area contributed by atoms with Gasteiger partial charge in [-0.15, -0.1) is 5.10 Å². The van der Waals surface area contributed by atoms with Gasteiger partial charge in [0.2, 0.25) is 0 Å². The van der Waals surface area contributed by atoms with Crippen molar-refractivity contribution in [3.63, 3.8) is 0 Å². The quantitative estimate of drug-likeness (QED) is 0.830. The summed E-state index contributed by atoms with van der Waals surface area (Å²) in [6.07, 6.45) is -4.55. The first-order chi connectivity index (χ1) is 10.2. The third-order valence-corrected chi connectivity index (χ3v) is 2.53. The number of halogens is 4. The fourth-order valence-electron chi connectivity index (χ4n) is 1.46. The van der Waals surface area contributed by atoms with Crippen LogP contribution in [0.3, 0.4) is 0 Å². The van der Waals surface area contributed by atoms with Crippen LogP contribution in [-0.2, 0) is 19.8 Å². The molecule has 0 fully saturated rings. The molecule has 2 amide bonds. The van der Waals surface area contributed by atoms with Gasteiger partial charge in [-0.05, 0) is 17.3 Å². The Morgan fingerprint density at radius 3 is 2.73 bits per heavy atom. The lowest BCUT2D eigenvalue weighted by atomic mass is 10.2. The van der Waals surface area contributed by atoms with Crippen molar-refractivity contribution in [3.05, 3.63) is 28.5 Å². The maximum absolute atomic E-state index is 12.6. The Bertz CT molecular complexity index is 687. The maximum atomic E-state index is 12.6. The Kier molecular flexibility index (Phi) is 4.45. The molecular weight excluding hydrogens is 327 g/mol. The van der Waals surface area contributed by atoms with Crippen LogP contribution in [0.5, 0.6) is 0 Å². The number of nitrogens with zero attached hydrogens (tertiary/aromatic N) is 5. The zero-order valence-electron chi connectivity index (χ0n) is 11.0. The van der Waals surface area contributed by atoms with E-state index in [0.29, 0.717) is 6.07 Å². The van der Waals surface area contributed by atoms with Gasteiger partial charge in [0.1, 0.15) is 5.15 Å². The Balaban J connectivity index is 1.99. The molecule has 2 aromatic heterocycles. The Hall–Kier alpha value is -2.43. The van der Waals surface area contributed by atoms with Gasteiger partial charge in [-0.25, -0.2) is 9.78 Å². The molecule has 0 aliphatic rings. The highest BCUT2D eigenvalue weighted by atomic mass is 35.5. The van der Waals surface area contributed by atoms with E-state index in [1.54, 1.807) is 0 Å². The predicted octanol–water partition coefficient (Wildman–Crippen LogP) is 1.60. The maximum Gasteiger partial charge on any atom is 0.416 e. The SMILES string of the molecule is Cn1nnc(NC(=O)NCc2cc(C(F)(F)F)cc(Cl)n2)n1. The number of aromatic nitrogens is 5. The van der Waals surface area contributed by atoms with Crippen LogP contribution in [0.2, 0.25) is 5.15 Å². The fourth-order valence-corrected chi connectivity index (χ4v) is 1.68. The number of amides is 2. The highest BCUT2D eigenvalue weighted by molar-refractivity contribution is 6.29. The van der Waals surface area contributed by atoms with Crippen molar-refractivity contribution in [2.45, 2.75) is 12.7 Å². The second-order valence-corrected chi connectivity index (χ2v) is 4.47.